The van der Waals surface area contributed by atoms with Crippen LogP contribution in [0.2, 0.25) is 0 Å². The summed E-state index contributed by atoms with van der Waals surface area (Å²) in [7, 11) is 3.26. The Morgan fingerprint density at radius 3 is 2.44 bits per heavy atom. The highest BCUT2D eigenvalue weighted by Gasteiger charge is 2.40. The number of pyridine rings is 1. The Balaban J connectivity index is 1.16. The van der Waals surface area contributed by atoms with Crippen LogP contribution in [0.1, 0.15) is 77.3 Å². The van der Waals surface area contributed by atoms with Crippen LogP contribution < -0.4 is 16.1 Å². The number of likely N-dealkylation sites (N-methyl/N-ethyl adjacent to an activating group) is 1. The zero-order valence-corrected chi connectivity index (χ0v) is 40.6. The number of esters is 1. The first kappa shape index (κ1) is 48.4. The summed E-state index contributed by atoms with van der Waals surface area (Å²) in [5.41, 5.74) is 9.56. The van der Waals surface area contributed by atoms with E-state index in [4.69, 9.17) is 14.5 Å². The van der Waals surface area contributed by atoms with Gasteiger partial charge in [0.25, 0.3) is 5.91 Å². The van der Waals surface area contributed by atoms with Crippen molar-refractivity contribution in [3.63, 3.8) is 0 Å². The number of aryl methyl sites for hydroxylation is 1. The van der Waals surface area contributed by atoms with Gasteiger partial charge in [-0.05, 0) is 97.7 Å². The molecule has 0 aliphatic carbocycles. The van der Waals surface area contributed by atoms with E-state index in [0.717, 1.165) is 44.5 Å². The van der Waals surface area contributed by atoms with E-state index in [-0.39, 0.29) is 55.3 Å². The number of rotatable bonds is 9. The summed E-state index contributed by atoms with van der Waals surface area (Å²) in [6.45, 7) is 15.1. The molecule has 1 unspecified atom stereocenters. The van der Waals surface area contributed by atoms with Gasteiger partial charge in [0.2, 0.25) is 11.8 Å². The van der Waals surface area contributed by atoms with Crippen molar-refractivity contribution in [2.24, 2.45) is 11.3 Å². The molecule has 6 bridgehead atoms. The average Bonchev–Trinajstić information content (AvgIpc) is 4.14. The first-order chi connectivity index (χ1) is 32.5. The van der Waals surface area contributed by atoms with Crippen molar-refractivity contribution >= 4 is 40.6 Å². The standard InChI is InChI=1S/C51H67N9O8/c1-9-59-42-15-14-33-26-37(42)38(45(59)36-12-10-16-52-43(36)31(4)67-8)27-51(5,6)29-68-49(65)39-13-11-17-60(55-39)48(64)40(24-32-22-34(33)25-35(61)23-32)54-46(62)44(30(2)3)56(7)50(66)58-20-18-57(19-21-58)47(63)41-28-53-41/h10,12,14-16,22-23,25-26,30-31,39-41,44,53,55,61H,9,11,13,17-21,24,27-29H2,1-8H3,(H,54,62)/t31-,39-,40-,41-,44?/m0/s1. The number of phenolic OH excluding ortho intramolecular Hbond substituents is 1. The summed E-state index contributed by atoms with van der Waals surface area (Å²) >= 11 is 0. The molecular weight excluding hydrogens is 867 g/mol. The molecule has 4 N–H and O–H groups in total. The third kappa shape index (κ3) is 10.1. The summed E-state index contributed by atoms with van der Waals surface area (Å²) in [5.74, 6) is -1.79. The Labute approximate surface area is 398 Å². The molecule has 2 aromatic heterocycles. The molecule has 3 fully saturated rings. The van der Waals surface area contributed by atoms with E-state index in [1.165, 1.54) is 9.91 Å². The van der Waals surface area contributed by atoms with Crippen LogP contribution in [-0.4, -0.2) is 148 Å². The number of amides is 5. The predicted molar refractivity (Wildman–Crippen MR) is 257 cm³/mol. The Morgan fingerprint density at radius 2 is 1.75 bits per heavy atom. The number of fused-ring (bicyclic) bond motifs is 6. The van der Waals surface area contributed by atoms with Crippen molar-refractivity contribution in [3.8, 4) is 28.1 Å². The Bertz CT molecular complexity index is 2560. The van der Waals surface area contributed by atoms with Crippen LogP contribution in [0.4, 0.5) is 4.79 Å². The van der Waals surface area contributed by atoms with Crippen LogP contribution in [0.25, 0.3) is 33.3 Å². The number of hydrogen-bond acceptors (Lipinski definition) is 11. The first-order valence-electron chi connectivity index (χ1n) is 24.0. The van der Waals surface area contributed by atoms with Crippen LogP contribution in [0.15, 0.2) is 54.7 Å². The minimum Gasteiger partial charge on any atom is -0.508 e. The summed E-state index contributed by atoms with van der Waals surface area (Å²) in [6.07, 6.45) is 2.98. The van der Waals surface area contributed by atoms with Crippen LogP contribution >= 0.6 is 0 Å². The number of aromatic hydroxyl groups is 1. The molecule has 8 rings (SSSR count). The first-order valence-corrected chi connectivity index (χ1v) is 24.0. The fraction of sp³-hybridized carbons (Fsp3) is 0.529. The molecule has 364 valence electrons. The van der Waals surface area contributed by atoms with Crippen molar-refractivity contribution in [1.29, 1.82) is 0 Å². The van der Waals surface area contributed by atoms with E-state index in [9.17, 15) is 29.1 Å². The van der Waals surface area contributed by atoms with Crippen LogP contribution in [0, 0.1) is 11.3 Å². The number of carbonyl (C=O) groups excluding carboxylic acids is 5. The molecule has 0 radical (unpaired) electrons. The van der Waals surface area contributed by atoms with Gasteiger partial charge in [-0.2, -0.15) is 0 Å². The Kier molecular flexibility index (Phi) is 14.2. The van der Waals surface area contributed by atoms with Crippen molar-refractivity contribution < 1.29 is 38.6 Å². The molecule has 4 aliphatic heterocycles. The number of ether oxygens (including phenoxy) is 2. The zero-order chi connectivity index (χ0) is 48.6. The third-order valence-corrected chi connectivity index (χ3v) is 13.9. The second-order valence-corrected chi connectivity index (χ2v) is 19.9. The monoisotopic (exact) mass is 934 g/mol. The molecule has 4 aliphatic rings. The lowest BCUT2D eigenvalue weighted by molar-refractivity contribution is -0.155. The van der Waals surface area contributed by atoms with Gasteiger partial charge in [-0.1, -0.05) is 39.8 Å². The second kappa shape index (κ2) is 19.9. The maximum atomic E-state index is 14.8. The lowest BCUT2D eigenvalue weighted by Crippen LogP contribution is -2.63. The highest BCUT2D eigenvalue weighted by Crippen LogP contribution is 2.42. The number of nitrogens with zero attached hydrogens (tertiary/aromatic N) is 6. The summed E-state index contributed by atoms with van der Waals surface area (Å²) < 4.78 is 14.2. The fourth-order valence-electron chi connectivity index (χ4n) is 10.2. The smallest absolute Gasteiger partial charge is 0.324 e. The normalized spacial score (nSPS) is 21.8. The number of urea groups is 1. The Hall–Kier alpha value is -6.04. The number of hydrazine groups is 1. The van der Waals surface area contributed by atoms with Gasteiger partial charge < -0.3 is 44.5 Å². The lowest BCUT2D eigenvalue weighted by Gasteiger charge is -2.40. The maximum Gasteiger partial charge on any atom is 0.324 e. The molecule has 0 saturated carbocycles. The number of hydrogen-bond donors (Lipinski definition) is 4. The summed E-state index contributed by atoms with van der Waals surface area (Å²) in [5, 5.41) is 19.8. The van der Waals surface area contributed by atoms with Crippen LogP contribution in [-0.2, 0) is 48.0 Å². The summed E-state index contributed by atoms with van der Waals surface area (Å²) in [6, 6.07) is 12.0. The van der Waals surface area contributed by atoms with E-state index in [1.807, 2.05) is 39.0 Å². The van der Waals surface area contributed by atoms with Gasteiger partial charge in [0.05, 0.1) is 30.1 Å². The van der Waals surface area contributed by atoms with Crippen molar-refractivity contribution in [2.45, 2.75) is 104 Å². The minimum absolute atomic E-state index is 0.00685. The van der Waals surface area contributed by atoms with Gasteiger partial charge in [-0.15, -0.1) is 0 Å². The SMILES string of the molecule is CCn1c(-c2cccnc2[C@H](C)OC)c2c3cc(ccc31)-c1cc(O)cc(c1)C[C@H](NC(=O)C(C(C)C)N(C)C(=O)N1CCN(C(=O)[C@@H]3CN3)CC1)C(=O)N1CCC[C@H](N1)C(=O)OCC(C)(C)C2. The maximum absolute atomic E-state index is 14.8. The number of carbonyl (C=O) groups is 5. The molecule has 17 heteroatoms. The molecule has 0 spiro atoms. The number of methoxy groups -OCH3 is 1. The number of cyclic esters (lactones) is 1. The van der Waals surface area contributed by atoms with E-state index in [1.54, 1.807) is 42.3 Å². The number of piperazine rings is 1. The fourth-order valence-corrected chi connectivity index (χ4v) is 10.2. The largest absolute Gasteiger partial charge is 0.508 e. The molecule has 68 heavy (non-hydrogen) atoms. The number of benzene rings is 2. The van der Waals surface area contributed by atoms with Gasteiger partial charge in [-0.25, -0.2) is 10.2 Å². The molecule has 3 saturated heterocycles. The van der Waals surface area contributed by atoms with Crippen molar-refractivity contribution in [2.75, 3.05) is 60.0 Å². The number of phenols is 1. The molecule has 2 aromatic carbocycles. The van der Waals surface area contributed by atoms with Crippen molar-refractivity contribution in [1.82, 2.24) is 45.3 Å². The highest BCUT2D eigenvalue weighted by atomic mass is 16.5. The molecule has 6 heterocycles. The van der Waals surface area contributed by atoms with E-state index in [0.29, 0.717) is 64.1 Å². The third-order valence-electron chi connectivity index (χ3n) is 13.9. The highest BCUT2D eigenvalue weighted by molar-refractivity contribution is 5.96. The average molecular weight is 934 g/mol. The number of aromatic nitrogens is 2. The second-order valence-electron chi connectivity index (χ2n) is 19.9. The van der Waals surface area contributed by atoms with Crippen LogP contribution in [0.3, 0.4) is 0 Å². The van der Waals surface area contributed by atoms with Gasteiger partial charge in [0.15, 0.2) is 0 Å². The molecule has 17 nitrogen and oxygen atoms in total. The van der Waals surface area contributed by atoms with Gasteiger partial charge >= 0.3 is 12.0 Å². The van der Waals surface area contributed by atoms with Crippen LogP contribution in [0.5, 0.6) is 5.75 Å². The lowest BCUT2D eigenvalue weighted by atomic mass is 9.84. The Morgan fingerprint density at radius 1 is 1.01 bits per heavy atom. The van der Waals surface area contributed by atoms with Crippen molar-refractivity contribution in [3.05, 3.63) is 71.5 Å². The molecule has 5 atom stereocenters. The van der Waals surface area contributed by atoms with E-state index < -0.39 is 41.3 Å². The summed E-state index contributed by atoms with van der Waals surface area (Å²) in [4.78, 5) is 79.6. The number of nitrogens with one attached hydrogen (secondary N) is 3. The molecule has 5 amide bonds. The van der Waals surface area contributed by atoms with E-state index >= 15 is 0 Å². The molecule has 4 aromatic rings. The predicted octanol–water partition coefficient (Wildman–Crippen LogP) is 4.64. The van der Waals surface area contributed by atoms with Gasteiger partial charge in [0.1, 0.15) is 23.9 Å². The zero-order valence-electron chi connectivity index (χ0n) is 40.6. The van der Waals surface area contributed by atoms with E-state index in [2.05, 4.69) is 59.6 Å². The molecular formula is C51H67N9O8. The van der Waals surface area contributed by atoms with Gasteiger partial charge in [0, 0.05) is 94.5 Å². The quantitative estimate of drug-likeness (QED) is 0.135. The van der Waals surface area contributed by atoms with Gasteiger partial charge in [-0.3, -0.25) is 29.2 Å². The topological polar surface area (TPSA) is 201 Å². The minimum atomic E-state index is -1.16.